The van der Waals surface area contributed by atoms with Crippen LogP contribution in [0.4, 0.5) is 5.69 Å². The molecule has 1 aromatic carbocycles. The number of aryl methyl sites for hydroxylation is 1. The second-order valence-electron chi connectivity index (χ2n) is 8.68. The van der Waals surface area contributed by atoms with Gasteiger partial charge < -0.3 is 20.3 Å². The van der Waals surface area contributed by atoms with Gasteiger partial charge >= 0.3 is 0 Å². The van der Waals surface area contributed by atoms with Gasteiger partial charge in [-0.3, -0.25) is 14.5 Å². The molecule has 0 bridgehead atoms. The predicted octanol–water partition coefficient (Wildman–Crippen LogP) is 3.71. The number of guanidine groups is 1. The van der Waals surface area contributed by atoms with Crippen molar-refractivity contribution in [3.63, 3.8) is 0 Å². The summed E-state index contributed by atoms with van der Waals surface area (Å²) in [6.07, 6.45) is 9.41. The molecule has 2 N–H and O–H groups in total. The van der Waals surface area contributed by atoms with Crippen molar-refractivity contribution in [1.29, 1.82) is 0 Å². The quantitative estimate of drug-likeness (QED) is 0.328. The molecule has 2 aliphatic rings. The number of hydrogen-bond donors (Lipinski definition) is 2. The Morgan fingerprint density at radius 1 is 1.27 bits per heavy atom. The summed E-state index contributed by atoms with van der Waals surface area (Å²) in [6, 6.07) is 8.05. The summed E-state index contributed by atoms with van der Waals surface area (Å²) in [7, 11) is 3.72. The Labute approximate surface area is 213 Å². The second kappa shape index (κ2) is 12.4. The fourth-order valence-electron chi connectivity index (χ4n) is 4.53. The van der Waals surface area contributed by atoms with Crippen LogP contribution in [0.1, 0.15) is 49.3 Å². The molecule has 2 fully saturated rings. The molecule has 0 spiro atoms. The van der Waals surface area contributed by atoms with E-state index in [9.17, 15) is 4.79 Å². The molecule has 2 aromatic rings. The van der Waals surface area contributed by atoms with Crippen LogP contribution in [0.5, 0.6) is 0 Å². The van der Waals surface area contributed by atoms with Crippen molar-refractivity contribution in [2.24, 2.45) is 18.0 Å². The SMILES string of the molecule is CN=C(NCc1cccc(NC(=O)C2CCCCC2)c1)N1CCOC(c2cnn(C)c2)C1.I. The minimum Gasteiger partial charge on any atom is -0.370 e. The molecule has 2 heterocycles. The number of ether oxygens (including phenoxy) is 1. The summed E-state index contributed by atoms with van der Waals surface area (Å²) < 4.78 is 7.75. The van der Waals surface area contributed by atoms with Crippen LogP contribution in [0.15, 0.2) is 41.7 Å². The largest absolute Gasteiger partial charge is 0.370 e. The van der Waals surface area contributed by atoms with E-state index < -0.39 is 0 Å². The number of amides is 1. The Kier molecular flexibility index (Phi) is 9.54. The van der Waals surface area contributed by atoms with E-state index in [-0.39, 0.29) is 41.9 Å². The average Bonchev–Trinajstić information content (AvgIpc) is 3.27. The van der Waals surface area contributed by atoms with E-state index in [0.717, 1.165) is 61.5 Å². The van der Waals surface area contributed by atoms with Crippen LogP contribution >= 0.6 is 24.0 Å². The fraction of sp³-hybridized carbons (Fsp3) is 0.542. The Morgan fingerprint density at radius 3 is 2.82 bits per heavy atom. The van der Waals surface area contributed by atoms with Crippen molar-refractivity contribution in [3.8, 4) is 0 Å². The smallest absolute Gasteiger partial charge is 0.227 e. The molecule has 1 aromatic heterocycles. The van der Waals surface area contributed by atoms with Gasteiger partial charge in [0.1, 0.15) is 6.10 Å². The number of hydrogen-bond acceptors (Lipinski definition) is 4. The van der Waals surface area contributed by atoms with Gasteiger partial charge in [0, 0.05) is 50.6 Å². The number of carbonyl (C=O) groups is 1. The zero-order chi connectivity index (χ0) is 22.3. The van der Waals surface area contributed by atoms with Crippen LogP contribution in [0, 0.1) is 5.92 Å². The van der Waals surface area contributed by atoms with Crippen molar-refractivity contribution < 1.29 is 9.53 Å². The number of nitrogens with one attached hydrogen (secondary N) is 2. The highest BCUT2D eigenvalue weighted by atomic mass is 127. The molecule has 33 heavy (non-hydrogen) atoms. The third-order valence-corrected chi connectivity index (χ3v) is 6.30. The average molecular weight is 566 g/mol. The van der Waals surface area contributed by atoms with Crippen molar-refractivity contribution in [1.82, 2.24) is 20.0 Å². The van der Waals surface area contributed by atoms with Crippen molar-refractivity contribution >= 4 is 41.5 Å². The van der Waals surface area contributed by atoms with Crippen LogP contribution < -0.4 is 10.6 Å². The van der Waals surface area contributed by atoms with E-state index >= 15 is 0 Å². The number of nitrogens with zero attached hydrogens (tertiary/aromatic N) is 4. The molecule has 0 radical (unpaired) electrons. The Morgan fingerprint density at radius 2 is 2.09 bits per heavy atom. The molecule has 4 rings (SSSR count). The molecule has 9 heteroatoms. The molecule has 1 unspecified atom stereocenters. The number of halogens is 1. The highest BCUT2D eigenvalue weighted by Crippen LogP contribution is 2.25. The number of rotatable bonds is 5. The summed E-state index contributed by atoms with van der Waals surface area (Å²) in [5, 5.41) is 10.8. The Bertz CT molecular complexity index is 941. The number of aromatic nitrogens is 2. The highest BCUT2D eigenvalue weighted by Gasteiger charge is 2.25. The normalized spacial score (nSPS) is 19.6. The topological polar surface area (TPSA) is 83.8 Å². The molecule has 1 aliphatic carbocycles. The van der Waals surface area contributed by atoms with E-state index in [1.54, 1.807) is 11.7 Å². The van der Waals surface area contributed by atoms with Crippen molar-refractivity contribution in [3.05, 3.63) is 47.8 Å². The molecule has 1 atom stereocenters. The van der Waals surface area contributed by atoms with Gasteiger partial charge in [0.25, 0.3) is 0 Å². The molecule has 1 saturated heterocycles. The van der Waals surface area contributed by atoms with E-state index in [4.69, 9.17) is 4.74 Å². The van der Waals surface area contributed by atoms with Gasteiger partial charge in [-0.1, -0.05) is 31.4 Å². The lowest BCUT2D eigenvalue weighted by molar-refractivity contribution is -0.120. The molecule has 1 saturated carbocycles. The van der Waals surface area contributed by atoms with Gasteiger partial charge in [0.15, 0.2) is 5.96 Å². The number of aliphatic imine (C=N–C) groups is 1. The zero-order valence-corrected chi connectivity index (χ0v) is 21.8. The molecule has 180 valence electrons. The lowest BCUT2D eigenvalue weighted by atomic mass is 9.88. The molecular formula is C24H35IN6O2. The van der Waals surface area contributed by atoms with Crippen LogP contribution in [-0.2, 0) is 23.1 Å². The van der Waals surface area contributed by atoms with Crippen LogP contribution in [0.3, 0.4) is 0 Å². The molecule has 1 amide bonds. The van der Waals surface area contributed by atoms with Gasteiger partial charge in [-0.05, 0) is 30.5 Å². The maximum Gasteiger partial charge on any atom is 0.227 e. The fourth-order valence-corrected chi connectivity index (χ4v) is 4.53. The minimum absolute atomic E-state index is 0. The number of carbonyl (C=O) groups excluding carboxylic acids is 1. The summed E-state index contributed by atoms with van der Waals surface area (Å²) in [5.41, 5.74) is 3.04. The van der Waals surface area contributed by atoms with Crippen LogP contribution in [0.25, 0.3) is 0 Å². The second-order valence-corrected chi connectivity index (χ2v) is 8.68. The van der Waals surface area contributed by atoms with Gasteiger partial charge in [0.05, 0.1) is 19.3 Å². The van der Waals surface area contributed by atoms with Gasteiger partial charge in [-0.2, -0.15) is 5.10 Å². The maximum atomic E-state index is 12.6. The Hall–Kier alpha value is -2.14. The summed E-state index contributed by atoms with van der Waals surface area (Å²) in [5.74, 6) is 1.15. The number of benzene rings is 1. The van der Waals surface area contributed by atoms with Gasteiger partial charge in [-0.15, -0.1) is 24.0 Å². The van der Waals surface area contributed by atoms with Gasteiger partial charge in [-0.25, -0.2) is 0 Å². The Balaban J connectivity index is 0.00000306. The van der Waals surface area contributed by atoms with E-state index in [0.29, 0.717) is 13.2 Å². The molecule has 8 nitrogen and oxygen atoms in total. The van der Waals surface area contributed by atoms with E-state index in [2.05, 4.69) is 31.7 Å². The first kappa shape index (κ1) is 25.5. The monoisotopic (exact) mass is 566 g/mol. The first-order valence-electron chi connectivity index (χ1n) is 11.6. The summed E-state index contributed by atoms with van der Waals surface area (Å²) in [4.78, 5) is 19.3. The standard InChI is InChI=1S/C24H34N6O2.HI/c1-25-24(30-11-12-32-22(17-30)20-15-27-29(2)16-20)26-14-18-7-6-10-21(13-18)28-23(31)19-8-4-3-5-9-19;/h6-7,10,13,15-16,19,22H,3-5,8-9,11-12,14,17H2,1-2H3,(H,25,26)(H,28,31);1H. The third-order valence-electron chi connectivity index (χ3n) is 6.30. The van der Waals surface area contributed by atoms with Crippen LogP contribution in [0.2, 0.25) is 0 Å². The first-order valence-corrected chi connectivity index (χ1v) is 11.6. The maximum absolute atomic E-state index is 12.6. The van der Waals surface area contributed by atoms with Gasteiger partial charge in [0.2, 0.25) is 5.91 Å². The third kappa shape index (κ3) is 6.92. The van der Waals surface area contributed by atoms with Crippen molar-refractivity contribution in [2.75, 3.05) is 32.1 Å². The summed E-state index contributed by atoms with van der Waals surface area (Å²) >= 11 is 0. The zero-order valence-electron chi connectivity index (χ0n) is 19.5. The number of morpholine rings is 1. The molecule has 1 aliphatic heterocycles. The highest BCUT2D eigenvalue weighted by molar-refractivity contribution is 14.0. The van der Waals surface area contributed by atoms with E-state index in [1.807, 2.05) is 37.6 Å². The molecular weight excluding hydrogens is 531 g/mol. The lowest BCUT2D eigenvalue weighted by Gasteiger charge is -2.34. The first-order chi connectivity index (χ1) is 15.6. The van der Waals surface area contributed by atoms with E-state index in [1.165, 1.54) is 6.42 Å². The van der Waals surface area contributed by atoms with Crippen LogP contribution in [-0.4, -0.2) is 53.3 Å². The minimum atomic E-state index is -0.0191. The lowest BCUT2D eigenvalue weighted by Crippen LogP contribution is -2.47. The van der Waals surface area contributed by atoms with Crippen molar-refractivity contribution in [2.45, 2.75) is 44.8 Å². The summed E-state index contributed by atoms with van der Waals surface area (Å²) in [6.45, 7) is 2.79. The number of anilines is 1. The predicted molar refractivity (Wildman–Crippen MR) is 141 cm³/mol.